The van der Waals surface area contributed by atoms with E-state index in [1.165, 1.54) is 12.2 Å². The van der Waals surface area contributed by atoms with Crippen LogP contribution in [0.15, 0.2) is 29.4 Å². The van der Waals surface area contributed by atoms with Gasteiger partial charge >= 0.3 is 18.9 Å². The number of Topliss-reactive ketones (excluding diaryl/α,β-unsaturated/α-hetero) is 2. The van der Waals surface area contributed by atoms with Crippen molar-refractivity contribution in [2.45, 2.75) is 58.5 Å². The van der Waals surface area contributed by atoms with Crippen molar-refractivity contribution in [3.05, 3.63) is 29.3 Å². The maximum atomic E-state index is 12.9. The quantitative estimate of drug-likeness (QED) is 0.220. The van der Waals surface area contributed by atoms with Crippen molar-refractivity contribution in [1.82, 2.24) is 0 Å². The van der Waals surface area contributed by atoms with Crippen LogP contribution in [0.3, 0.4) is 0 Å². The van der Waals surface area contributed by atoms with Gasteiger partial charge in [0, 0.05) is 17.9 Å². The number of oxime groups is 1. The number of thioether (sulfide) groups is 1. The molecule has 0 bridgehead atoms. The van der Waals surface area contributed by atoms with Gasteiger partial charge in [0.05, 0.1) is 5.71 Å². The number of ketones is 2. The van der Waals surface area contributed by atoms with E-state index in [9.17, 15) is 9.59 Å². The predicted octanol–water partition coefficient (Wildman–Crippen LogP) is 4.94. The molecule has 0 spiro atoms. The van der Waals surface area contributed by atoms with Gasteiger partial charge in [-0.15, -0.1) is 0 Å². The van der Waals surface area contributed by atoms with Gasteiger partial charge in [-0.2, -0.15) is 11.8 Å². The third kappa shape index (κ3) is 7.83. The van der Waals surface area contributed by atoms with Crippen LogP contribution in [0.5, 0.6) is 5.75 Å². The Morgan fingerprint density at radius 3 is 2.47 bits per heavy atom. The molecule has 2 fully saturated rings. The van der Waals surface area contributed by atoms with Gasteiger partial charge in [-0.3, -0.25) is 9.59 Å². The van der Waals surface area contributed by atoms with Crippen molar-refractivity contribution in [3.8, 4) is 5.75 Å². The molecule has 1 saturated heterocycles. The monoisotopic (exact) mass is 473 g/mol. The summed E-state index contributed by atoms with van der Waals surface area (Å²) in [6, 6.07) is 7.12. The molecule has 0 N–H and O–H groups in total. The number of hydrogen-bond donors (Lipinski definition) is 0. The first-order valence-electron chi connectivity index (χ1n) is 11.2. The first-order chi connectivity index (χ1) is 15.0. The Morgan fingerprint density at radius 1 is 1.19 bits per heavy atom. The minimum atomic E-state index is -0.736. The van der Waals surface area contributed by atoms with Crippen LogP contribution in [0.1, 0.15) is 52.4 Å². The number of nitrogens with zero attached hydrogens (tertiary/aromatic N) is 1. The molecule has 2 unspecified atom stereocenters. The van der Waals surface area contributed by atoms with Gasteiger partial charge in [0.1, 0.15) is 29.3 Å². The average Bonchev–Trinajstić information content (AvgIpc) is 2.75. The van der Waals surface area contributed by atoms with Crippen LogP contribution in [-0.4, -0.2) is 60.4 Å². The summed E-state index contributed by atoms with van der Waals surface area (Å²) in [6.45, 7) is 4.13. The van der Waals surface area contributed by atoms with Gasteiger partial charge in [0.2, 0.25) is 0 Å². The molecular formula is C24H33ClLiNO4S. The SMILES string of the molecule is CCCC(=NOCC(C)Oc1ccc(Cl)cc1)C1C(=O)CC(C2CCCSC2)CC1=O.[LiH]. The van der Waals surface area contributed by atoms with E-state index in [1.54, 1.807) is 24.3 Å². The molecule has 1 aromatic carbocycles. The molecule has 1 heterocycles. The summed E-state index contributed by atoms with van der Waals surface area (Å²) < 4.78 is 5.79. The molecule has 3 rings (SSSR count). The molecule has 1 aliphatic carbocycles. The predicted molar refractivity (Wildman–Crippen MR) is 133 cm³/mol. The van der Waals surface area contributed by atoms with Gasteiger partial charge in [0.15, 0.2) is 6.61 Å². The molecule has 1 saturated carbocycles. The molecule has 2 atom stereocenters. The van der Waals surface area contributed by atoms with Crippen molar-refractivity contribution in [2.24, 2.45) is 22.9 Å². The third-order valence-corrected chi connectivity index (χ3v) is 7.41. The van der Waals surface area contributed by atoms with Gasteiger partial charge in [-0.05, 0) is 73.8 Å². The number of ether oxygens (including phenoxy) is 1. The fourth-order valence-electron chi connectivity index (χ4n) is 4.35. The molecule has 8 heteroatoms. The summed E-state index contributed by atoms with van der Waals surface area (Å²) >= 11 is 7.84. The van der Waals surface area contributed by atoms with Crippen LogP contribution in [0.2, 0.25) is 5.02 Å². The van der Waals surface area contributed by atoms with Gasteiger partial charge in [0.25, 0.3) is 0 Å². The fraction of sp³-hybridized carbons (Fsp3) is 0.625. The van der Waals surface area contributed by atoms with Gasteiger partial charge in [-0.25, -0.2) is 0 Å². The molecule has 1 aliphatic heterocycles. The van der Waals surface area contributed by atoms with Gasteiger partial charge in [-0.1, -0.05) is 30.1 Å². The Kier molecular flexibility index (Phi) is 11.7. The second-order valence-electron chi connectivity index (χ2n) is 8.52. The molecule has 0 radical (unpaired) electrons. The summed E-state index contributed by atoms with van der Waals surface area (Å²) in [7, 11) is 0. The number of rotatable bonds is 9. The van der Waals surface area contributed by atoms with Crippen LogP contribution < -0.4 is 4.74 Å². The van der Waals surface area contributed by atoms with Crippen LogP contribution in [-0.2, 0) is 14.4 Å². The topological polar surface area (TPSA) is 65.0 Å². The Hall–Kier alpha value is -0.933. The van der Waals surface area contributed by atoms with E-state index in [2.05, 4.69) is 5.16 Å². The molecule has 5 nitrogen and oxygen atoms in total. The summed E-state index contributed by atoms with van der Waals surface area (Å²) in [5, 5.41) is 4.89. The molecule has 0 aromatic heterocycles. The van der Waals surface area contributed by atoms with Crippen molar-refractivity contribution in [1.29, 1.82) is 0 Å². The van der Waals surface area contributed by atoms with Crippen LogP contribution in [0, 0.1) is 17.8 Å². The van der Waals surface area contributed by atoms with E-state index in [0.29, 0.717) is 41.7 Å². The van der Waals surface area contributed by atoms with Crippen LogP contribution in [0.25, 0.3) is 0 Å². The number of hydrogen-bond acceptors (Lipinski definition) is 6. The normalized spacial score (nSPS) is 25.1. The Labute approximate surface area is 212 Å². The van der Waals surface area contributed by atoms with E-state index in [4.69, 9.17) is 21.2 Å². The zero-order valence-corrected chi connectivity index (χ0v) is 19.9. The van der Waals surface area contributed by atoms with Crippen molar-refractivity contribution < 1.29 is 19.2 Å². The Morgan fingerprint density at radius 2 is 1.88 bits per heavy atom. The molecule has 0 amide bonds. The van der Waals surface area contributed by atoms with Crippen LogP contribution in [0.4, 0.5) is 0 Å². The molecular weight excluding hydrogens is 441 g/mol. The molecule has 2 aliphatic rings. The molecule has 172 valence electrons. The summed E-state index contributed by atoms with van der Waals surface area (Å²) in [5.41, 5.74) is 0.563. The van der Waals surface area contributed by atoms with E-state index in [-0.39, 0.29) is 49.1 Å². The molecule has 1 aromatic rings. The van der Waals surface area contributed by atoms with Crippen molar-refractivity contribution >= 4 is 59.5 Å². The third-order valence-electron chi connectivity index (χ3n) is 5.91. The number of halogens is 1. The Bertz CT molecular complexity index is 765. The average molecular weight is 474 g/mol. The zero-order valence-electron chi connectivity index (χ0n) is 18.3. The summed E-state index contributed by atoms with van der Waals surface area (Å²) in [5.74, 6) is 2.93. The number of carbonyl (C=O) groups is 2. The van der Waals surface area contributed by atoms with E-state index < -0.39 is 5.92 Å². The van der Waals surface area contributed by atoms with E-state index in [0.717, 1.165) is 18.6 Å². The first-order valence-corrected chi connectivity index (χ1v) is 12.7. The van der Waals surface area contributed by atoms with Crippen molar-refractivity contribution in [2.75, 3.05) is 18.1 Å². The zero-order chi connectivity index (χ0) is 22.2. The maximum absolute atomic E-state index is 12.9. The number of benzene rings is 1. The summed E-state index contributed by atoms with van der Waals surface area (Å²) in [4.78, 5) is 31.4. The standard InChI is InChI=1S/C24H32ClNO4S.Li.H/c1-3-5-21(26-29-14-16(2)30-20-9-7-19(25)8-10-20)24-22(27)12-18(13-23(24)28)17-6-4-11-31-15-17;;/h7-10,16-18,24H,3-6,11-15H2,1-2H3;;. The van der Waals surface area contributed by atoms with E-state index >= 15 is 0 Å². The second kappa shape index (κ2) is 13.7. The van der Waals surface area contributed by atoms with Crippen LogP contribution >= 0.6 is 23.4 Å². The van der Waals surface area contributed by atoms with Crippen molar-refractivity contribution in [3.63, 3.8) is 0 Å². The summed E-state index contributed by atoms with van der Waals surface area (Å²) in [6.07, 6.45) is 4.44. The Balaban J connectivity index is 0.00000363. The molecule has 32 heavy (non-hydrogen) atoms. The van der Waals surface area contributed by atoms with E-state index in [1.807, 2.05) is 25.6 Å². The first kappa shape index (κ1) is 27.3. The van der Waals surface area contributed by atoms with Gasteiger partial charge < -0.3 is 9.57 Å². The number of carbonyl (C=O) groups excluding carboxylic acids is 2. The minimum absolute atomic E-state index is 0. The second-order valence-corrected chi connectivity index (χ2v) is 10.1. The fourth-order valence-corrected chi connectivity index (χ4v) is 5.76.